The van der Waals surface area contributed by atoms with Gasteiger partial charge >= 0.3 is 0 Å². The number of nitrogens with zero attached hydrogens (tertiary/aromatic N) is 2. The van der Waals surface area contributed by atoms with Gasteiger partial charge in [-0.3, -0.25) is 4.68 Å². The molecule has 0 spiro atoms. The maximum atomic E-state index is 5.25. The quantitative estimate of drug-likeness (QED) is 0.861. The molecule has 0 unspecified atom stereocenters. The van der Waals surface area contributed by atoms with Crippen LogP contribution in [0.1, 0.15) is 10.6 Å². The Morgan fingerprint density at radius 1 is 1.44 bits per heavy atom. The van der Waals surface area contributed by atoms with E-state index in [1.165, 1.54) is 10.6 Å². The number of nitrogens with one attached hydrogen (secondary N) is 1. The van der Waals surface area contributed by atoms with Crippen molar-refractivity contribution in [2.45, 2.75) is 13.1 Å². The molecule has 0 aliphatic carbocycles. The van der Waals surface area contributed by atoms with Crippen LogP contribution in [0.5, 0.6) is 5.75 Å². The SMILES string of the molecule is COc1ccsc1CNCc1ccnn1C. The summed E-state index contributed by atoms with van der Waals surface area (Å²) in [4.78, 5) is 1.23. The van der Waals surface area contributed by atoms with E-state index < -0.39 is 0 Å². The Balaban J connectivity index is 1.87. The van der Waals surface area contributed by atoms with Crippen LogP contribution in [-0.4, -0.2) is 16.9 Å². The van der Waals surface area contributed by atoms with Crippen LogP contribution in [-0.2, 0) is 20.1 Å². The Kier molecular flexibility index (Phi) is 3.58. The third-order valence-electron chi connectivity index (χ3n) is 2.44. The predicted octanol–water partition coefficient (Wildman–Crippen LogP) is 1.78. The number of thiophene rings is 1. The molecule has 0 amide bonds. The number of hydrogen-bond donors (Lipinski definition) is 1. The molecule has 2 aromatic heterocycles. The van der Waals surface area contributed by atoms with Crippen LogP contribution in [0.25, 0.3) is 0 Å². The Bertz CT molecular complexity index is 450. The van der Waals surface area contributed by atoms with Crippen molar-refractivity contribution in [3.63, 3.8) is 0 Å². The molecule has 0 aliphatic rings. The molecule has 0 radical (unpaired) electrons. The summed E-state index contributed by atoms with van der Waals surface area (Å²) in [5.41, 5.74) is 1.18. The van der Waals surface area contributed by atoms with Crippen molar-refractivity contribution in [2.75, 3.05) is 7.11 Å². The molecule has 0 aromatic carbocycles. The van der Waals surface area contributed by atoms with Gasteiger partial charge in [0.05, 0.1) is 17.7 Å². The molecule has 2 heterocycles. The largest absolute Gasteiger partial charge is 0.496 e. The fourth-order valence-electron chi connectivity index (χ4n) is 1.52. The first kappa shape index (κ1) is 11.2. The van der Waals surface area contributed by atoms with Crippen LogP contribution >= 0.6 is 11.3 Å². The maximum Gasteiger partial charge on any atom is 0.134 e. The maximum absolute atomic E-state index is 5.25. The molecular formula is C11H15N3OS. The van der Waals surface area contributed by atoms with E-state index in [1.807, 2.05) is 35.4 Å². The van der Waals surface area contributed by atoms with Gasteiger partial charge in [-0.2, -0.15) is 5.10 Å². The van der Waals surface area contributed by atoms with Crippen molar-refractivity contribution in [3.8, 4) is 5.75 Å². The second kappa shape index (κ2) is 5.14. The number of methoxy groups -OCH3 is 1. The monoisotopic (exact) mass is 237 g/mol. The Hall–Kier alpha value is -1.33. The second-order valence-corrected chi connectivity index (χ2v) is 4.46. The average Bonchev–Trinajstić information content (AvgIpc) is 2.88. The zero-order valence-electron chi connectivity index (χ0n) is 9.43. The van der Waals surface area contributed by atoms with E-state index in [-0.39, 0.29) is 0 Å². The number of rotatable bonds is 5. The Morgan fingerprint density at radius 2 is 2.31 bits per heavy atom. The fraction of sp³-hybridized carbons (Fsp3) is 0.364. The fourth-order valence-corrected chi connectivity index (χ4v) is 2.33. The van der Waals surface area contributed by atoms with Crippen molar-refractivity contribution >= 4 is 11.3 Å². The highest BCUT2D eigenvalue weighted by atomic mass is 32.1. The summed E-state index contributed by atoms with van der Waals surface area (Å²) >= 11 is 1.71. The zero-order chi connectivity index (χ0) is 11.4. The van der Waals surface area contributed by atoms with Crippen LogP contribution in [0, 0.1) is 0 Å². The molecule has 16 heavy (non-hydrogen) atoms. The third-order valence-corrected chi connectivity index (χ3v) is 3.34. The lowest BCUT2D eigenvalue weighted by atomic mass is 10.4. The van der Waals surface area contributed by atoms with Gasteiger partial charge in [-0.1, -0.05) is 0 Å². The highest BCUT2D eigenvalue weighted by Gasteiger charge is 2.04. The predicted molar refractivity (Wildman–Crippen MR) is 64.6 cm³/mol. The minimum Gasteiger partial charge on any atom is -0.496 e. The molecule has 0 aliphatic heterocycles. The summed E-state index contributed by atoms with van der Waals surface area (Å²) in [5, 5.41) is 9.54. The minimum absolute atomic E-state index is 0.817. The molecule has 5 heteroatoms. The molecule has 0 bridgehead atoms. The lowest BCUT2D eigenvalue weighted by Crippen LogP contribution is -2.14. The van der Waals surface area contributed by atoms with E-state index in [9.17, 15) is 0 Å². The standard InChI is InChI=1S/C11H15N3OS/c1-14-9(3-5-13-14)7-12-8-11-10(15-2)4-6-16-11/h3-6,12H,7-8H2,1-2H3. The molecule has 2 aromatic rings. The molecule has 0 saturated carbocycles. The van der Waals surface area contributed by atoms with Crippen molar-refractivity contribution in [1.29, 1.82) is 0 Å². The topological polar surface area (TPSA) is 39.1 Å². The van der Waals surface area contributed by atoms with Gasteiger partial charge in [-0.05, 0) is 17.5 Å². The molecule has 0 fully saturated rings. The summed E-state index contributed by atoms with van der Waals surface area (Å²) in [6, 6.07) is 4.00. The number of aromatic nitrogens is 2. The number of ether oxygens (including phenoxy) is 1. The van der Waals surface area contributed by atoms with Crippen molar-refractivity contribution in [3.05, 3.63) is 34.3 Å². The summed E-state index contributed by atoms with van der Waals surface area (Å²) in [5.74, 6) is 0.961. The van der Waals surface area contributed by atoms with Gasteiger partial charge in [0.2, 0.25) is 0 Å². The lowest BCUT2D eigenvalue weighted by molar-refractivity contribution is 0.410. The average molecular weight is 237 g/mol. The molecule has 0 saturated heterocycles. The van der Waals surface area contributed by atoms with E-state index >= 15 is 0 Å². The molecule has 4 nitrogen and oxygen atoms in total. The highest BCUT2D eigenvalue weighted by Crippen LogP contribution is 2.23. The van der Waals surface area contributed by atoms with E-state index in [0.29, 0.717) is 0 Å². The van der Waals surface area contributed by atoms with Gasteiger partial charge < -0.3 is 10.1 Å². The van der Waals surface area contributed by atoms with E-state index in [4.69, 9.17) is 4.74 Å². The van der Waals surface area contributed by atoms with Crippen LogP contribution in [0.2, 0.25) is 0 Å². The van der Waals surface area contributed by atoms with Gasteiger partial charge in [0.25, 0.3) is 0 Å². The van der Waals surface area contributed by atoms with E-state index in [1.54, 1.807) is 18.4 Å². The second-order valence-electron chi connectivity index (χ2n) is 3.46. The Morgan fingerprint density at radius 3 is 3.00 bits per heavy atom. The van der Waals surface area contributed by atoms with Crippen molar-refractivity contribution in [2.24, 2.45) is 7.05 Å². The summed E-state index contributed by atoms with van der Waals surface area (Å²) in [7, 11) is 3.65. The number of aryl methyl sites for hydroxylation is 1. The summed E-state index contributed by atoms with van der Waals surface area (Å²) in [6.07, 6.45) is 1.81. The first-order valence-corrected chi connectivity index (χ1v) is 5.97. The smallest absolute Gasteiger partial charge is 0.134 e. The van der Waals surface area contributed by atoms with Gasteiger partial charge in [0.1, 0.15) is 5.75 Å². The molecular weight excluding hydrogens is 222 g/mol. The van der Waals surface area contributed by atoms with Crippen molar-refractivity contribution in [1.82, 2.24) is 15.1 Å². The van der Waals surface area contributed by atoms with Gasteiger partial charge in [-0.15, -0.1) is 11.3 Å². The van der Waals surface area contributed by atoms with Gasteiger partial charge in [-0.25, -0.2) is 0 Å². The molecule has 0 atom stereocenters. The first-order valence-electron chi connectivity index (χ1n) is 5.09. The summed E-state index contributed by atoms with van der Waals surface area (Å²) in [6.45, 7) is 1.64. The van der Waals surface area contributed by atoms with Crippen LogP contribution in [0.3, 0.4) is 0 Å². The van der Waals surface area contributed by atoms with E-state index in [0.717, 1.165) is 18.8 Å². The van der Waals surface area contributed by atoms with Crippen LogP contribution in [0.15, 0.2) is 23.7 Å². The minimum atomic E-state index is 0.817. The van der Waals surface area contributed by atoms with E-state index in [2.05, 4.69) is 10.4 Å². The third kappa shape index (κ3) is 2.43. The highest BCUT2D eigenvalue weighted by molar-refractivity contribution is 7.10. The lowest BCUT2D eigenvalue weighted by Gasteiger charge is -2.05. The zero-order valence-corrected chi connectivity index (χ0v) is 10.3. The summed E-state index contributed by atoms with van der Waals surface area (Å²) < 4.78 is 7.12. The molecule has 1 N–H and O–H groups in total. The first-order chi connectivity index (χ1) is 7.81. The van der Waals surface area contributed by atoms with Crippen molar-refractivity contribution < 1.29 is 4.74 Å². The van der Waals surface area contributed by atoms with Crippen LogP contribution < -0.4 is 10.1 Å². The molecule has 2 rings (SSSR count). The van der Waals surface area contributed by atoms with Gasteiger partial charge in [0, 0.05) is 26.3 Å². The van der Waals surface area contributed by atoms with Crippen LogP contribution in [0.4, 0.5) is 0 Å². The van der Waals surface area contributed by atoms with Gasteiger partial charge in [0.15, 0.2) is 0 Å². The number of hydrogen-bond acceptors (Lipinski definition) is 4. The molecule has 86 valence electrons. The Labute approximate surface area is 98.9 Å². The normalized spacial score (nSPS) is 10.6.